The number of aromatic hydroxyl groups is 1. The fourth-order valence-corrected chi connectivity index (χ4v) is 1.54. The van der Waals surface area contributed by atoms with Crippen molar-refractivity contribution >= 4 is 11.6 Å². The summed E-state index contributed by atoms with van der Waals surface area (Å²) in [7, 11) is 0. The second-order valence-electron chi connectivity index (χ2n) is 3.44. The maximum absolute atomic E-state index is 12.0. The van der Waals surface area contributed by atoms with Gasteiger partial charge >= 0.3 is 0 Å². The van der Waals surface area contributed by atoms with Gasteiger partial charge in [0.05, 0.1) is 4.92 Å². The molecule has 92 valence electrons. The Morgan fingerprint density at radius 3 is 2.47 bits per heavy atom. The minimum absolute atomic E-state index is 0.0845. The molecule has 0 aliphatic carbocycles. The van der Waals surface area contributed by atoms with E-state index >= 15 is 0 Å². The van der Waals surface area contributed by atoms with Crippen LogP contribution in [0, 0.1) is 10.1 Å². The average molecular weight is 238 g/mol. The first-order chi connectivity index (χ1) is 8.01. The number of phenols is 1. The molecule has 0 aliphatic heterocycles. The predicted octanol–water partition coefficient (Wildman–Crippen LogP) is 1.78. The van der Waals surface area contributed by atoms with Gasteiger partial charge in [-0.2, -0.15) is 0 Å². The Kier molecular flexibility index (Phi) is 4.03. The van der Waals surface area contributed by atoms with Gasteiger partial charge in [-0.05, 0) is 26.0 Å². The third kappa shape index (κ3) is 2.72. The lowest BCUT2D eigenvalue weighted by Crippen LogP contribution is -2.30. The Morgan fingerprint density at radius 2 is 2.00 bits per heavy atom. The van der Waals surface area contributed by atoms with Crippen molar-refractivity contribution in [1.29, 1.82) is 0 Å². The molecular weight excluding hydrogens is 224 g/mol. The fourth-order valence-electron chi connectivity index (χ4n) is 1.54. The van der Waals surface area contributed by atoms with Crippen LogP contribution in [0.5, 0.6) is 5.75 Å². The number of benzene rings is 1. The van der Waals surface area contributed by atoms with Crippen molar-refractivity contribution < 1.29 is 14.8 Å². The highest BCUT2D eigenvalue weighted by atomic mass is 16.6. The molecule has 17 heavy (non-hydrogen) atoms. The molecule has 0 aliphatic rings. The van der Waals surface area contributed by atoms with E-state index in [9.17, 15) is 20.0 Å². The van der Waals surface area contributed by atoms with Crippen LogP contribution in [0.15, 0.2) is 18.2 Å². The van der Waals surface area contributed by atoms with E-state index in [1.54, 1.807) is 13.8 Å². The number of hydrogen-bond donors (Lipinski definition) is 1. The Hall–Kier alpha value is -2.11. The van der Waals surface area contributed by atoms with Gasteiger partial charge in [0.25, 0.3) is 11.6 Å². The van der Waals surface area contributed by atoms with E-state index in [4.69, 9.17) is 0 Å². The number of rotatable bonds is 4. The first kappa shape index (κ1) is 13.0. The average Bonchev–Trinajstić information content (AvgIpc) is 2.29. The quantitative estimate of drug-likeness (QED) is 0.640. The second kappa shape index (κ2) is 5.29. The van der Waals surface area contributed by atoms with Crippen LogP contribution in [0.4, 0.5) is 5.69 Å². The number of amides is 1. The summed E-state index contributed by atoms with van der Waals surface area (Å²) in [6.07, 6.45) is 0. The van der Waals surface area contributed by atoms with Crippen molar-refractivity contribution in [2.24, 2.45) is 0 Å². The number of hydrogen-bond acceptors (Lipinski definition) is 4. The zero-order chi connectivity index (χ0) is 13.0. The minimum atomic E-state index is -0.629. The molecule has 0 heterocycles. The highest BCUT2D eigenvalue weighted by molar-refractivity contribution is 5.98. The summed E-state index contributed by atoms with van der Waals surface area (Å²) in [5, 5.41) is 20.1. The van der Waals surface area contributed by atoms with E-state index < -0.39 is 10.8 Å². The Labute approximate surface area is 98.6 Å². The van der Waals surface area contributed by atoms with Crippen LogP contribution in [-0.2, 0) is 0 Å². The van der Waals surface area contributed by atoms with E-state index in [2.05, 4.69) is 0 Å². The molecule has 0 bridgehead atoms. The Bertz CT molecular complexity index is 441. The molecule has 0 radical (unpaired) electrons. The van der Waals surface area contributed by atoms with Crippen LogP contribution in [0.1, 0.15) is 24.2 Å². The first-order valence-electron chi connectivity index (χ1n) is 5.27. The second-order valence-corrected chi connectivity index (χ2v) is 3.44. The van der Waals surface area contributed by atoms with Crippen molar-refractivity contribution in [3.63, 3.8) is 0 Å². The molecule has 0 unspecified atom stereocenters. The van der Waals surface area contributed by atoms with Crippen LogP contribution in [-0.4, -0.2) is 33.9 Å². The molecule has 1 rings (SSSR count). The van der Waals surface area contributed by atoms with Crippen LogP contribution < -0.4 is 0 Å². The molecule has 0 atom stereocenters. The lowest BCUT2D eigenvalue weighted by atomic mass is 10.1. The summed E-state index contributed by atoms with van der Waals surface area (Å²) in [6.45, 7) is 4.50. The summed E-state index contributed by atoms with van der Waals surface area (Å²) >= 11 is 0. The van der Waals surface area contributed by atoms with Crippen LogP contribution in [0.2, 0.25) is 0 Å². The van der Waals surface area contributed by atoms with Gasteiger partial charge in [0.1, 0.15) is 11.3 Å². The molecule has 6 heteroatoms. The van der Waals surface area contributed by atoms with Crippen molar-refractivity contribution in [1.82, 2.24) is 4.90 Å². The lowest BCUT2D eigenvalue weighted by molar-refractivity contribution is -0.385. The molecule has 0 fully saturated rings. The monoisotopic (exact) mass is 238 g/mol. The molecule has 0 aromatic heterocycles. The number of phenolic OH excluding ortho intramolecular Hbond substituents is 1. The van der Waals surface area contributed by atoms with Crippen LogP contribution in [0.3, 0.4) is 0 Å². The van der Waals surface area contributed by atoms with Gasteiger partial charge < -0.3 is 10.0 Å². The number of carbonyl (C=O) groups excluding carboxylic acids is 1. The minimum Gasteiger partial charge on any atom is -0.508 e. The number of nitrogens with zero attached hydrogens (tertiary/aromatic N) is 2. The number of carbonyl (C=O) groups is 1. The van der Waals surface area contributed by atoms with Crippen molar-refractivity contribution in [2.75, 3.05) is 13.1 Å². The molecule has 1 N–H and O–H groups in total. The molecule has 1 amide bonds. The van der Waals surface area contributed by atoms with Gasteiger partial charge in [0, 0.05) is 19.2 Å². The Balaban J connectivity index is 3.23. The van der Waals surface area contributed by atoms with Crippen LogP contribution >= 0.6 is 0 Å². The maximum atomic E-state index is 12.0. The standard InChI is InChI=1S/C11H14N2O4/c1-3-12(4-2)11(15)9-7-8(14)5-6-10(9)13(16)17/h5-7,14H,3-4H2,1-2H3. The molecule has 0 saturated heterocycles. The van der Waals surface area contributed by atoms with Gasteiger partial charge in [0.15, 0.2) is 0 Å². The van der Waals surface area contributed by atoms with Gasteiger partial charge in [-0.25, -0.2) is 0 Å². The molecule has 6 nitrogen and oxygen atoms in total. The molecule has 1 aromatic rings. The highest BCUT2D eigenvalue weighted by Gasteiger charge is 2.23. The van der Waals surface area contributed by atoms with E-state index in [-0.39, 0.29) is 17.0 Å². The first-order valence-corrected chi connectivity index (χ1v) is 5.27. The Morgan fingerprint density at radius 1 is 1.41 bits per heavy atom. The summed E-state index contributed by atoms with van der Waals surface area (Å²) in [6, 6.07) is 3.45. The van der Waals surface area contributed by atoms with Gasteiger partial charge in [-0.3, -0.25) is 14.9 Å². The number of nitro benzene ring substituents is 1. The van der Waals surface area contributed by atoms with E-state index in [1.165, 1.54) is 11.0 Å². The lowest BCUT2D eigenvalue weighted by Gasteiger charge is -2.18. The third-order valence-electron chi connectivity index (χ3n) is 2.46. The zero-order valence-electron chi connectivity index (χ0n) is 9.71. The summed E-state index contributed by atoms with van der Waals surface area (Å²) in [5.41, 5.74) is -0.376. The van der Waals surface area contributed by atoms with E-state index in [0.717, 1.165) is 12.1 Å². The smallest absolute Gasteiger partial charge is 0.282 e. The van der Waals surface area contributed by atoms with Crippen LogP contribution in [0.25, 0.3) is 0 Å². The van der Waals surface area contributed by atoms with Crippen molar-refractivity contribution in [3.8, 4) is 5.75 Å². The highest BCUT2D eigenvalue weighted by Crippen LogP contribution is 2.24. The topological polar surface area (TPSA) is 83.7 Å². The van der Waals surface area contributed by atoms with E-state index in [1.807, 2.05) is 0 Å². The summed E-state index contributed by atoms with van der Waals surface area (Å²) < 4.78 is 0. The predicted molar refractivity (Wildman–Crippen MR) is 62.0 cm³/mol. The summed E-state index contributed by atoms with van der Waals surface area (Å²) in [4.78, 5) is 23.6. The SMILES string of the molecule is CCN(CC)C(=O)c1cc(O)ccc1[N+](=O)[O-]. The molecular formula is C11H14N2O4. The fraction of sp³-hybridized carbons (Fsp3) is 0.364. The number of nitro groups is 1. The maximum Gasteiger partial charge on any atom is 0.282 e. The van der Waals surface area contributed by atoms with Crippen molar-refractivity contribution in [3.05, 3.63) is 33.9 Å². The third-order valence-corrected chi connectivity index (χ3v) is 2.46. The molecule has 0 spiro atoms. The van der Waals surface area contributed by atoms with E-state index in [0.29, 0.717) is 13.1 Å². The molecule has 1 aromatic carbocycles. The molecule has 0 saturated carbocycles. The normalized spacial score (nSPS) is 10.0. The van der Waals surface area contributed by atoms with Gasteiger partial charge in [-0.1, -0.05) is 0 Å². The zero-order valence-corrected chi connectivity index (χ0v) is 9.71. The largest absolute Gasteiger partial charge is 0.508 e. The summed E-state index contributed by atoms with van der Waals surface area (Å²) in [5.74, 6) is -0.608. The van der Waals surface area contributed by atoms with Gasteiger partial charge in [-0.15, -0.1) is 0 Å². The van der Waals surface area contributed by atoms with Crippen molar-refractivity contribution in [2.45, 2.75) is 13.8 Å². The van der Waals surface area contributed by atoms with Gasteiger partial charge in [0.2, 0.25) is 0 Å².